The summed E-state index contributed by atoms with van der Waals surface area (Å²) in [4.78, 5) is 24.3. The largest absolute Gasteiger partial charge is 0.393 e. The predicted molar refractivity (Wildman–Crippen MR) is 62.6 cm³/mol. The lowest BCUT2D eigenvalue weighted by Gasteiger charge is -2.27. The predicted octanol–water partition coefficient (Wildman–Crippen LogP) is -1.07. The molecule has 1 fully saturated rings. The molecular formula is C10H12ClFN2O5. The maximum Gasteiger partial charge on any atom is 0.330 e. The number of hydrogen-bond acceptors (Lipinski definition) is 5. The van der Waals surface area contributed by atoms with Crippen molar-refractivity contribution in [2.45, 2.75) is 24.4 Å². The summed E-state index contributed by atoms with van der Waals surface area (Å²) >= 11 is 5.64. The SMILES string of the molecule is O=c1[nH]c(=O)n([C@H]2C[C@H](O)[C@](CO)(CCl)O2)cc1F. The monoisotopic (exact) mass is 294 g/mol. The van der Waals surface area contributed by atoms with Crippen LogP contribution >= 0.6 is 11.6 Å². The minimum absolute atomic E-state index is 0.0569. The summed E-state index contributed by atoms with van der Waals surface area (Å²) in [6, 6.07) is 0. The Bertz CT molecular complexity index is 582. The Kier molecular flexibility index (Phi) is 3.77. The van der Waals surface area contributed by atoms with Gasteiger partial charge in [-0.3, -0.25) is 14.3 Å². The third kappa shape index (κ3) is 2.32. The Morgan fingerprint density at radius 2 is 2.32 bits per heavy atom. The number of H-pyrrole nitrogens is 1. The quantitative estimate of drug-likeness (QED) is 0.616. The Morgan fingerprint density at radius 3 is 2.84 bits per heavy atom. The van der Waals surface area contributed by atoms with E-state index in [1.807, 2.05) is 0 Å². The van der Waals surface area contributed by atoms with Gasteiger partial charge in [-0.1, -0.05) is 0 Å². The van der Waals surface area contributed by atoms with E-state index < -0.39 is 41.6 Å². The number of nitrogens with zero attached hydrogens (tertiary/aromatic N) is 1. The highest BCUT2D eigenvalue weighted by atomic mass is 35.5. The average Bonchev–Trinajstić information content (AvgIpc) is 2.71. The van der Waals surface area contributed by atoms with Gasteiger partial charge in [0.05, 0.1) is 24.8 Å². The lowest BCUT2D eigenvalue weighted by molar-refractivity contribution is -0.114. The number of rotatable bonds is 3. The minimum atomic E-state index is -1.40. The zero-order valence-corrected chi connectivity index (χ0v) is 10.4. The van der Waals surface area contributed by atoms with E-state index in [2.05, 4.69) is 0 Å². The summed E-state index contributed by atoms with van der Waals surface area (Å²) in [7, 11) is 0. The van der Waals surface area contributed by atoms with Gasteiger partial charge in [0.15, 0.2) is 0 Å². The van der Waals surface area contributed by atoms with Crippen LogP contribution in [0, 0.1) is 5.82 Å². The Morgan fingerprint density at radius 1 is 1.63 bits per heavy atom. The Hall–Kier alpha value is -1.22. The number of aliphatic hydroxyl groups excluding tert-OH is 2. The molecule has 0 spiro atoms. The van der Waals surface area contributed by atoms with Gasteiger partial charge in [0.1, 0.15) is 11.8 Å². The summed E-state index contributed by atoms with van der Waals surface area (Å²) in [5, 5.41) is 19.1. The molecule has 0 aromatic carbocycles. The van der Waals surface area contributed by atoms with Crippen LogP contribution in [0.4, 0.5) is 4.39 Å². The van der Waals surface area contributed by atoms with Crippen LogP contribution in [0.3, 0.4) is 0 Å². The second-order valence-electron chi connectivity index (χ2n) is 4.32. The maximum absolute atomic E-state index is 13.2. The lowest BCUT2D eigenvalue weighted by atomic mass is 10.0. The molecule has 0 unspecified atom stereocenters. The molecule has 1 aliphatic rings. The fourth-order valence-electron chi connectivity index (χ4n) is 1.95. The molecule has 1 aromatic rings. The highest BCUT2D eigenvalue weighted by Gasteiger charge is 2.48. The average molecular weight is 295 g/mol. The number of aromatic amines is 1. The van der Waals surface area contributed by atoms with Crippen LogP contribution in [0.25, 0.3) is 0 Å². The van der Waals surface area contributed by atoms with E-state index in [-0.39, 0.29) is 12.3 Å². The van der Waals surface area contributed by atoms with E-state index >= 15 is 0 Å². The first-order valence-corrected chi connectivity index (χ1v) is 6.00. The summed E-state index contributed by atoms with van der Waals surface area (Å²) in [5.74, 6) is -1.34. The zero-order valence-electron chi connectivity index (χ0n) is 9.68. The van der Waals surface area contributed by atoms with Crippen molar-refractivity contribution in [2.24, 2.45) is 0 Å². The highest BCUT2D eigenvalue weighted by molar-refractivity contribution is 6.18. The van der Waals surface area contributed by atoms with E-state index in [4.69, 9.17) is 16.3 Å². The number of hydrogen-bond donors (Lipinski definition) is 3. The van der Waals surface area contributed by atoms with Crippen LogP contribution < -0.4 is 11.2 Å². The first-order chi connectivity index (χ1) is 8.93. The van der Waals surface area contributed by atoms with Gasteiger partial charge in [-0.05, 0) is 0 Å². The van der Waals surface area contributed by atoms with E-state index in [1.54, 1.807) is 4.98 Å². The van der Waals surface area contributed by atoms with Gasteiger partial charge in [0.2, 0.25) is 5.82 Å². The zero-order chi connectivity index (χ0) is 14.2. The third-order valence-corrected chi connectivity index (χ3v) is 3.58. The molecule has 0 bridgehead atoms. The van der Waals surface area contributed by atoms with Crippen LogP contribution in [-0.2, 0) is 4.74 Å². The molecule has 0 amide bonds. The number of ether oxygens (including phenoxy) is 1. The molecule has 0 aliphatic carbocycles. The van der Waals surface area contributed by atoms with E-state index in [9.17, 15) is 24.2 Å². The van der Waals surface area contributed by atoms with Gasteiger partial charge in [-0.15, -0.1) is 11.6 Å². The van der Waals surface area contributed by atoms with Crippen molar-refractivity contribution in [3.63, 3.8) is 0 Å². The molecular weight excluding hydrogens is 283 g/mol. The van der Waals surface area contributed by atoms with Gasteiger partial charge < -0.3 is 14.9 Å². The van der Waals surface area contributed by atoms with Crippen molar-refractivity contribution in [3.05, 3.63) is 32.9 Å². The molecule has 19 heavy (non-hydrogen) atoms. The second kappa shape index (κ2) is 5.04. The minimum Gasteiger partial charge on any atom is -0.393 e. The molecule has 1 aliphatic heterocycles. The molecule has 0 saturated carbocycles. The summed E-state index contributed by atoms with van der Waals surface area (Å²) < 4.78 is 19.3. The standard InChI is InChI=1S/C10H12ClFN2O5/c11-3-10(4-15)6(16)1-7(19-10)14-2-5(12)8(17)13-9(14)18/h2,6-7,15-16H,1,3-4H2,(H,13,17,18)/t6-,7+,10+/m0/s1. The van der Waals surface area contributed by atoms with Gasteiger partial charge in [-0.25, -0.2) is 4.79 Å². The van der Waals surface area contributed by atoms with Crippen LogP contribution in [0.1, 0.15) is 12.6 Å². The van der Waals surface area contributed by atoms with Crippen molar-refractivity contribution in [1.82, 2.24) is 9.55 Å². The number of alkyl halides is 1. The normalized spacial score (nSPS) is 30.7. The van der Waals surface area contributed by atoms with Crippen LogP contribution in [0.15, 0.2) is 15.8 Å². The highest BCUT2D eigenvalue weighted by Crippen LogP contribution is 2.36. The molecule has 1 saturated heterocycles. The maximum atomic E-state index is 13.2. The Labute approximate surface area is 111 Å². The lowest BCUT2D eigenvalue weighted by Crippen LogP contribution is -2.45. The summed E-state index contributed by atoms with van der Waals surface area (Å²) in [6.07, 6.45) is -1.49. The molecule has 2 heterocycles. The topological polar surface area (TPSA) is 105 Å². The summed E-state index contributed by atoms with van der Waals surface area (Å²) in [5.41, 5.74) is -3.41. The van der Waals surface area contributed by atoms with E-state index in [0.717, 1.165) is 4.57 Å². The van der Waals surface area contributed by atoms with Crippen LogP contribution in [0.2, 0.25) is 0 Å². The van der Waals surface area contributed by atoms with E-state index in [1.165, 1.54) is 0 Å². The van der Waals surface area contributed by atoms with E-state index in [0.29, 0.717) is 6.20 Å². The van der Waals surface area contributed by atoms with Gasteiger partial charge in [0.25, 0.3) is 5.56 Å². The molecule has 0 radical (unpaired) electrons. The van der Waals surface area contributed by atoms with Crippen molar-refractivity contribution >= 4 is 11.6 Å². The number of aromatic nitrogens is 2. The molecule has 3 N–H and O–H groups in total. The van der Waals surface area contributed by atoms with Crippen molar-refractivity contribution in [1.29, 1.82) is 0 Å². The van der Waals surface area contributed by atoms with Crippen molar-refractivity contribution in [2.75, 3.05) is 12.5 Å². The van der Waals surface area contributed by atoms with Gasteiger partial charge in [0, 0.05) is 6.42 Å². The Balaban J connectivity index is 2.38. The molecule has 106 valence electrons. The van der Waals surface area contributed by atoms with Crippen molar-refractivity contribution < 1.29 is 19.3 Å². The molecule has 3 atom stereocenters. The number of aliphatic hydroxyl groups is 2. The van der Waals surface area contributed by atoms with Gasteiger partial charge in [-0.2, -0.15) is 4.39 Å². The van der Waals surface area contributed by atoms with Crippen LogP contribution in [-0.4, -0.2) is 44.0 Å². The summed E-state index contributed by atoms with van der Waals surface area (Å²) in [6.45, 7) is -0.547. The first kappa shape index (κ1) is 14.2. The molecule has 7 nitrogen and oxygen atoms in total. The molecule has 2 rings (SSSR count). The molecule has 9 heteroatoms. The number of nitrogens with one attached hydrogen (secondary N) is 1. The molecule has 1 aromatic heterocycles. The van der Waals surface area contributed by atoms with Gasteiger partial charge >= 0.3 is 5.69 Å². The fraction of sp³-hybridized carbons (Fsp3) is 0.600. The number of halogens is 2. The van der Waals surface area contributed by atoms with Crippen LogP contribution in [0.5, 0.6) is 0 Å². The fourth-order valence-corrected chi connectivity index (χ4v) is 2.28. The second-order valence-corrected chi connectivity index (χ2v) is 4.59. The van der Waals surface area contributed by atoms with Crippen molar-refractivity contribution in [3.8, 4) is 0 Å². The first-order valence-electron chi connectivity index (χ1n) is 5.47. The smallest absolute Gasteiger partial charge is 0.330 e. The third-order valence-electron chi connectivity index (χ3n) is 3.13.